The Bertz CT molecular complexity index is 743. The maximum Gasteiger partial charge on any atom is 0.129 e. The Labute approximate surface area is 126 Å². The number of aromatic hydroxyl groups is 1. The molecule has 0 amide bonds. The topological polar surface area (TPSA) is 33.1 Å². The summed E-state index contributed by atoms with van der Waals surface area (Å²) in [7, 11) is 0. The lowest BCUT2D eigenvalue weighted by molar-refractivity contribution is 0.481. The van der Waals surface area contributed by atoms with Crippen molar-refractivity contribution in [2.24, 2.45) is 0 Å². The summed E-state index contributed by atoms with van der Waals surface area (Å²) in [5.41, 5.74) is 1.12. The van der Waals surface area contributed by atoms with E-state index in [1.807, 2.05) is 36.4 Å². The number of aromatic nitrogens is 1. The predicted octanol–water partition coefficient (Wildman–Crippen LogP) is 4.89. The van der Waals surface area contributed by atoms with Crippen molar-refractivity contribution in [2.75, 3.05) is 0 Å². The molecule has 100 valence electrons. The van der Waals surface area contributed by atoms with Crippen molar-refractivity contribution in [1.29, 1.82) is 0 Å². The molecule has 0 radical (unpaired) electrons. The van der Waals surface area contributed by atoms with E-state index in [1.54, 1.807) is 30.1 Å². The monoisotopic (exact) mass is 301 g/mol. The summed E-state index contributed by atoms with van der Waals surface area (Å²) in [5, 5.41) is 12.3. The van der Waals surface area contributed by atoms with Crippen LogP contribution in [-0.2, 0) is 5.75 Å². The fourth-order valence-corrected chi connectivity index (χ4v) is 3.14. The quantitative estimate of drug-likeness (QED) is 0.552. The molecule has 1 heterocycles. The SMILES string of the molecule is Oc1ccc(SCc2ccc(Cl)nc2)c2ccccc12. The second-order valence-electron chi connectivity index (χ2n) is 4.41. The zero-order chi connectivity index (χ0) is 13.9. The number of nitrogens with zero attached hydrogens (tertiary/aromatic N) is 1. The molecule has 3 aromatic rings. The summed E-state index contributed by atoms with van der Waals surface area (Å²) < 4.78 is 0. The van der Waals surface area contributed by atoms with Crippen LogP contribution < -0.4 is 0 Å². The van der Waals surface area contributed by atoms with Gasteiger partial charge in [-0.25, -0.2) is 4.98 Å². The molecule has 1 aromatic heterocycles. The van der Waals surface area contributed by atoms with Crippen LogP contribution in [0.1, 0.15) is 5.56 Å². The van der Waals surface area contributed by atoms with Crippen molar-refractivity contribution in [3.8, 4) is 5.75 Å². The zero-order valence-electron chi connectivity index (χ0n) is 10.6. The van der Waals surface area contributed by atoms with Gasteiger partial charge in [-0.15, -0.1) is 11.8 Å². The van der Waals surface area contributed by atoms with E-state index in [9.17, 15) is 5.11 Å². The molecule has 2 nitrogen and oxygen atoms in total. The number of rotatable bonds is 3. The van der Waals surface area contributed by atoms with Gasteiger partial charge in [0.1, 0.15) is 10.9 Å². The highest BCUT2D eigenvalue weighted by atomic mass is 35.5. The molecular formula is C16H12ClNOS. The third kappa shape index (κ3) is 2.74. The summed E-state index contributed by atoms with van der Waals surface area (Å²) in [4.78, 5) is 5.23. The van der Waals surface area contributed by atoms with E-state index < -0.39 is 0 Å². The van der Waals surface area contributed by atoms with Gasteiger partial charge in [0.15, 0.2) is 0 Å². The minimum atomic E-state index is 0.318. The first-order valence-electron chi connectivity index (χ1n) is 6.18. The average Bonchev–Trinajstić information content (AvgIpc) is 2.49. The van der Waals surface area contributed by atoms with Crippen molar-refractivity contribution >= 4 is 34.1 Å². The van der Waals surface area contributed by atoms with Crippen LogP contribution in [-0.4, -0.2) is 10.1 Å². The molecule has 0 fully saturated rings. The number of benzene rings is 2. The van der Waals surface area contributed by atoms with Crippen LogP contribution in [0.2, 0.25) is 5.15 Å². The number of hydrogen-bond acceptors (Lipinski definition) is 3. The van der Waals surface area contributed by atoms with Gasteiger partial charge in [-0.2, -0.15) is 0 Å². The first-order valence-corrected chi connectivity index (χ1v) is 7.54. The Balaban J connectivity index is 1.88. The van der Waals surface area contributed by atoms with Crippen LogP contribution in [0.25, 0.3) is 10.8 Å². The summed E-state index contributed by atoms with van der Waals surface area (Å²) in [6, 6.07) is 15.3. The highest BCUT2D eigenvalue weighted by molar-refractivity contribution is 7.98. The van der Waals surface area contributed by atoms with E-state index >= 15 is 0 Å². The minimum Gasteiger partial charge on any atom is -0.507 e. The average molecular weight is 302 g/mol. The van der Waals surface area contributed by atoms with Crippen LogP contribution in [0.15, 0.2) is 59.6 Å². The summed E-state index contributed by atoms with van der Waals surface area (Å²) in [6.45, 7) is 0. The Morgan fingerprint density at radius 3 is 2.55 bits per heavy atom. The number of pyridine rings is 1. The fourth-order valence-electron chi connectivity index (χ4n) is 2.03. The van der Waals surface area contributed by atoms with Crippen molar-refractivity contribution in [3.05, 3.63) is 65.4 Å². The van der Waals surface area contributed by atoms with Crippen molar-refractivity contribution in [2.45, 2.75) is 10.6 Å². The minimum absolute atomic E-state index is 0.318. The van der Waals surface area contributed by atoms with Crippen LogP contribution in [0, 0.1) is 0 Å². The van der Waals surface area contributed by atoms with E-state index in [1.165, 1.54) is 0 Å². The molecular weight excluding hydrogens is 290 g/mol. The lowest BCUT2D eigenvalue weighted by Crippen LogP contribution is -1.84. The first kappa shape index (κ1) is 13.3. The molecule has 0 aliphatic rings. The summed E-state index contributed by atoms with van der Waals surface area (Å²) in [6.07, 6.45) is 1.79. The standard InChI is InChI=1S/C16H12ClNOS/c17-16-8-5-11(9-18-16)10-20-15-7-6-14(19)12-3-1-2-4-13(12)15/h1-9,19H,10H2. The highest BCUT2D eigenvalue weighted by Crippen LogP contribution is 2.34. The molecule has 1 N–H and O–H groups in total. The van der Waals surface area contributed by atoms with Crippen LogP contribution in [0.4, 0.5) is 0 Å². The molecule has 20 heavy (non-hydrogen) atoms. The number of phenolic OH excluding ortho intramolecular Hbond substituents is 1. The van der Waals surface area contributed by atoms with Crippen LogP contribution >= 0.6 is 23.4 Å². The Hall–Kier alpha value is -1.71. The molecule has 0 saturated carbocycles. The second kappa shape index (κ2) is 5.73. The molecule has 0 atom stereocenters. The van der Waals surface area contributed by atoms with E-state index in [0.717, 1.165) is 27.0 Å². The summed E-state index contributed by atoms with van der Waals surface area (Å²) in [5.74, 6) is 1.14. The highest BCUT2D eigenvalue weighted by Gasteiger charge is 2.05. The molecule has 0 unspecified atom stereocenters. The number of hydrogen-bond donors (Lipinski definition) is 1. The van der Waals surface area contributed by atoms with E-state index in [4.69, 9.17) is 11.6 Å². The molecule has 0 spiro atoms. The van der Waals surface area contributed by atoms with E-state index in [-0.39, 0.29) is 0 Å². The Morgan fingerprint density at radius 2 is 1.80 bits per heavy atom. The van der Waals surface area contributed by atoms with Gasteiger partial charge in [0.25, 0.3) is 0 Å². The maximum absolute atomic E-state index is 9.88. The van der Waals surface area contributed by atoms with Gasteiger partial charge in [0, 0.05) is 22.2 Å². The van der Waals surface area contributed by atoms with Gasteiger partial charge in [-0.3, -0.25) is 0 Å². The normalized spacial score (nSPS) is 10.8. The van der Waals surface area contributed by atoms with Crippen LogP contribution in [0.5, 0.6) is 5.75 Å². The molecule has 0 saturated heterocycles. The smallest absolute Gasteiger partial charge is 0.129 e. The third-order valence-corrected chi connectivity index (χ3v) is 4.41. The maximum atomic E-state index is 9.88. The summed E-state index contributed by atoms with van der Waals surface area (Å²) >= 11 is 7.50. The number of halogens is 1. The number of fused-ring (bicyclic) bond motifs is 1. The molecule has 0 aliphatic carbocycles. The van der Waals surface area contributed by atoms with Gasteiger partial charge < -0.3 is 5.11 Å². The lowest BCUT2D eigenvalue weighted by atomic mass is 10.1. The van der Waals surface area contributed by atoms with E-state index in [0.29, 0.717) is 10.9 Å². The number of thioether (sulfide) groups is 1. The Kier molecular flexibility index (Phi) is 3.81. The molecule has 4 heteroatoms. The van der Waals surface area contributed by atoms with Gasteiger partial charge in [-0.05, 0) is 29.1 Å². The van der Waals surface area contributed by atoms with Crippen molar-refractivity contribution < 1.29 is 5.11 Å². The van der Waals surface area contributed by atoms with Gasteiger partial charge >= 0.3 is 0 Å². The predicted molar refractivity (Wildman–Crippen MR) is 84.4 cm³/mol. The van der Waals surface area contributed by atoms with Gasteiger partial charge in [-0.1, -0.05) is 41.9 Å². The van der Waals surface area contributed by atoms with Crippen molar-refractivity contribution in [1.82, 2.24) is 4.98 Å². The van der Waals surface area contributed by atoms with Crippen molar-refractivity contribution in [3.63, 3.8) is 0 Å². The lowest BCUT2D eigenvalue weighted by Gasteiger charge is -2.08. The molecule has 0 aliphatic heterocycles. The second-order valence-corrected chi connectivity index (χ2v) is 5.81. The molecule has 3 rings (SSSR count). The molecule has 2 aromatic carbocycles. The largest absolute Gasteiger partial charge is 0.507 e. The van der Waals surface area contributed by atoms with Gasteiger partial charge in [0.05, 0.1) is 0 Å². The fraction of sp³-hybridized carbons (Fsp3) is 0.0625. The van der Waals surface area contributed by atoms with Gasteiger partial charge in [0.2, 0.25) is 0 Å². The van der Waals surface area contributed by atoms with E-state index in [2.05, 4.69) is 4.98 Å². The Morgan fingerprint density at radius 1 is 1.00 bits per heavy atom. The first-order chi connectivity index (χ1) is 9.74. The zero-order valence-corrected chi connectivity index (χ0v) is 12.2. The molecule has 0 bridgehead atoms. The number of phenols is 1. The van der Waals surface area contributed by atoms with Crippen LogP contribution in [0.3, 0.4) is 0 Å². The third-order valence-electron chi connectivity index (χ3n) is 3.04.